The summed E-state index contributed by atoms with van der Waals surface area (Å²) in [5, 5.41) is 24.0. The summed E-state index contributed by atoms with van der Waals surface area (Å²) >= 11 is 0. The number of hydrogen-bond acceptors (Lipinski definition) is 12. The minimum Gasteiger partial charge on any atom is -0.465 e. The van der Waals surface area contributed by atoms with Gasteiger partial charge < -0.3 is 40.4 Å². The Hall–Kier alpha value is -4.78. The Morgan fingerprint density at radius 3 is 2.51 bits per heavy atom. The van der Waals surface area contributed by atoms with Crippen molar-refractivity contribution in [2.75, 3.05) is 25.9 Å². The van der Waals surface area contributed by atoms with Crippen LogP contribution < -0.4 is 15.8 Å². The molecule has 15 heteroatoms. The van der Waals surface area contributed by atoms with Crippen molar-refractivity contribution in [1.82, 2.24) is 29.7 Å². The molecule has 2 aromatic heterocycles. The highest BCUT2D eigenvalue weighted by Crippen LogP contribution is 2.33. The van der Waals surface area contributed by atoms with Crippen LogP contribution in [0.25, 0.3) is 11.2 Å². The van der Waals surface area contributed by atoms with E-state index in [9.17, 15) is 24.6 Å². The largest absolute Gasteiger partial charge is 0.465 e. The summed E-state index contributed by atoms with van der Waals surface area (Å²) in [7, 11) is 1.30. The number of aromatic nitrogens is 4. The molecule has 0 bridgehead atoms. The number of anilines is 1. The van der Waals surface area contributed by atoms with E-state index in [1.807, 2.05) is 0 Å². The van der Waals surface area contributed by atoms with E-state index in [1.54, 1.807) is 17.0 Å². The highest BCUT2D eigenvalue weighted by molar-refractivity contribution is 5.89. The van der Waals surface area contributed by atoms with Gasteiger partial charge in [0.05, 0.1) is 19.0 Å². The van der Waals surface area contributed by atoms with E-state index in [2.05, 4.69) is 36.8 Å². The summed E-state index contributed by atoms with van der Waals surface area (Å²) in [5.74, 6) is 5.92. The molecule has 236 valence electrons. The van der Waals surface area contributed by atoms with Crippen LogP contribution in [-0.4, -0.2) is 97.2 Å². The van der Waals surface area contributed by atoms with Gasteiger partial charge in [-0.2, -0.15) is 0 Å². The highest BCUT2D eigenvalue weighted by Gasteiger charge is 2.48. The molecule has 3 fully saturated rings. The maximum absolute atomic E-state index is 12.6. The van der Waals surface area contributed by atoms with Gasteiger partial charge in [0, 0.05) is 25.6 Å². The summed E-state index contributed by atoms with van der Waals surface area (Å²) in [4.78, 5) is 51.3. The predicted molar refractivity (Wildman–Crippen MR) is 156 cm³/mol. The third kappa shape index (κ3) is 6.53. The number of methoxy groups -OCH3 is 1. The summed E-state index contributed by atoms with van der Waals surface area (Å²) in [6.07, 6.45) is -0.537. The molecule has 1 aliphatic carbocycles. The van der Waals surface area contributed by atoms with Crippen molar-refractivity contribution >= 4 is 35.0 Å². The second kappa shape index (κ2) is 12.7. The molecular weight excluding hydrogens is 586 g/mol. The van der Waals surface area contributed by atoms with E-state index < -0.39 is 42.5 Å². The van der Waals surface area contributed by atoms with Gasteiger partial charge in [0.25, 0.3) is 5.91 Å². The Labute approximate surface area is 257 Å². The molecule has 3 aliphatic rings. The van der Waals surface area contributed by atoms with Crippen LogP contribution in [-0.2, 0) is 14.3 Å². The summed E-state index contributed by atoms with van der Waals surface area (Å²) in [5.41, 5.74) is 7.01. The Kier molecular flexibility index (Phi) is 8.52. The number of likely N-dealkylation sites (tertiary alicyclic amines) is 1. The van der Waals surface area contributed by atoms with Crippen LogP contribution in [0.2, 0.25) is 0 Å². The van der Waals surface area contributed by atoms with Crippen LogP contribution in [0.4, 0.5) is 10.6 Å². The van der Waals surface area contributed by atoms with E-state index in [0.717, 1.165) is 25.7 Å². The monoisotopic (exact) mass is 619 g/mol. The predicted octanol–water partition coefficient (Wildman–Crippen LogP) is 0.746. The van der Waals surface area contributed by atoms with Crippen molar-refractivity contribution in [3.8, 4) is 17.6 Å². The van der Waals surface area contributed by atoms with Gasteiger partial charge in [0.15, 0.2) is 23.8 Å². The van der Waals surface area contributed by atoms with Crippen molar-refractivity contribution in [3.63, 3.8) is 0 Å². The standard InChI is InChI=1S/C30H33N7O8/c1-43-29(41)17-5-9-19(10-6-17)44-30(42)36-13-11-16(12-14-36)3-2-4-20-34-25(31)21-26(35-20)37(15-32-21)28-23(39)22(38)24(45-28)27(40)33-18-7-8-18/h5-6,9-10,15-16,18,22-24,28,38-39H,3,7-8,11-14H2,1H3,(H,33,40)(H2,31,34,35)/t22-,23+,24?,28?/m1/s1. The molecule has 1 saturated carbocycles. The van der Waals surface area contributed by atoms with Crippen molar-refractivity contribution in [2.45, 2.75) is 62.7 Å². The zero-order chi connectivity index (χ0) is 31.7. The second-order valence-electron chi connectivity index (χ2n) is 11.3. The number of carbonyl (C=O) groups excluding carboxylic acids is 3. The number of ether oxygens (including phenoxy) is 3. The Morgan fingerprint density at radius 2 is 1.82 bits per heavy atom. The van der Waals surface area contributed by atoms with Gasteiger partial charge in [0.2, 0.25) is 5.82 Å². The third-order valence-corrected chi connectivity index (χ3v) is 8.09. The quantitative estimate of drug-likeness (QED) is 0.223. The molecule has 45 heavy (non-hydrogen) atoms. The number of benzene rings is 1. The van der Waals surface area contributed by atoms with Crippen LogP contribution in [0.1, 0.15) is 54.5 Å². The molecule has 4 atom stereocenters. The molecule has 6 rings (SSSR count). The van der Waals surface area contributed by atoms with Gasteiger partial charge >= 0.3 is 12.1 Å². The lowest BCUT2D eigenvalue weighted by molar-refractivity contribution is -0.137. The maximum atomic E-state index is 12.6. The van der Waals surface area contributed by atoms with Crippen LogP contribution in [0.5, 0.6) is 5.75 Å². The number of esters is 1. The average molecular weight is 620 g/mol. The fourth-order valence-corrected chi connectivity index (χ4v) is 5.33. The van der Waals surface area contributed by atoms with Crippen molar-refractivity contribution in [2.24, 2.45) is 5.92 Å². The van der Waals surface area contributed by atoms with Crippen LogP contribution in [0.3, 0.4) is 0 Å². The topological polar surface area (TPSA) is 204 Å². The van der Waals surface area contributed by atoms with E-state index in [1.165, 1.54) is 30.1 Å². The number of nitrogens with one attached hydrogen (secondary N) is 1. The summed E-state index contributed by atoms with van der Waals surface area (Å²) in [6, 6.07) is 6.22. The number of nitrogen functional groups attached to an aromatic ring is 1. The molecule has 4 heterocycles. The first kappa shape index (κ1) is 30.3. The zero-order valence-corrected chi connectivity index (χ0v) is 24.5. The maximum Gasteiger partial charge on any atom is 0.415 e. The van der Waals surface area contributed by atoms with Crippen LogP contribution in [0.15, 0.2) is 30.6 Å². The first-order chi connectivity index (χ1) is 21.7. The lowest BCUT2D eigenvalue weighted by atomic mass is 9.94. The average Bonchev–Trinajstić information content (AvgIpc) is 3.68. The number of nitrogens with two attached hydrogens (primary N) is 1. The normalized spacial score (nSPS) is 23.3. The number of aliphatic hydroxyl groups is 2. The van der Waals surface area contributed by atoms with E-state index in [0.29, 0.717) is 30.8 Å². The van der Waals surface area contributed by atoms with E-state index >= 15 is 0 Å². The number of hydrogen-bond donors (Lipinski definition) is 4. The molecule has 0 spiro atoms. The molecule has 5 N–H and O–H groups in total. The van der Waals surface area contributed by atoms with Crippen molar-refractivity contribution in [1.29, 1.82) is 0 Å². The SMILES string of the molecule is COC(=O)c1ccc(OC(=O)N2CCC(CC#Cc3nc(N)c4ncn(C5OC(C(=O)NC6CC6)[C@H](O)[C@@H]5O)c4n3)CC2)cc1. The first-order valence-electron chi connectivity index (χ1n) is 14.7. The van der Waals surface area contributed by atoms with Crippen molar-refractivity contribution < 1.29 is 38.8 Å². The highest BCUT2D eigenvalue weighted by atomic mass is 16.6. The van der Waals surface area contributed by atoms with Gasteiger partial charge in [-0.3, -0.25) is 9.36 Å². The third-order valence-electron chi connectivity index (χ3n) is 8.09. The second-order valence-corrected chi connectivity index (χ2v) is 11.3. The molecule has 2 saturated heterocycles. The molecule has 2 amide bonds. The summed E-state index contributed by atoms with van der Waals surface area (Å²) in [6.45, 7) is 1.02. The van der Waals surface area contributed by atoms with Gasteiger partial charge in [-0.1, -0.05) is 5.92 Å². The summed E-state index contributed by atoms with van der Waals surface area (Å²) < 4.78 is 17.3. The number of carbonyl (C=O) groups is 3. The number of amides is 2. The molecule has 1 aromatic carbocycles. The van der Waals surface area contributed by atoms with Crippen LogP contribution in [0, 0.1) is 17.8 Å². The van der Waals surface area contributed by atoms with E-state index in [-0.39, 0.29) is 34.8 Å². The lowest BCUT2D eigenvalue weighted by Gasteiger charge is -2.30. The van der Waals surface area contributed by atoms with Gasteiger partial charge in [-0.25, -0.2) is 24.5 Å². The van der Waals surface area contributed by atoms with Crippen molar-refractivity contribution in [3.05, 3.63) is 42.0 Å². The number of imidazole rings is 1. The molecule has 2 unspecified atom stereocenters. The molecular formula is C30H33N7O8. The lowest BCUT2D eigenvalue weighted by Crippen LogP contribution is -2.43. The van der Waals surface area contributed by atoms with Gasteiger partial charge in [-0.15, -0.1) is 0 Å². The fraction of sp³-hybridized carbons (Fsp3) is 0.467. The van der Waals surface area contributed by atoms with E-state index in [4.69, 9.17) is 15.2 Å². The fourth-order valence-electron chi connectivity index (χ4n) is 5.33. The number of piperidine rings is 1. The minimum absolute atomic E-state index is 0.0707. The molecule has 3 aromatic rings. The number of fused-ring (bicyclic) bond motifs is 1. The van der Waals surface area contributed by atoms with Gasteiger partial charge in [0.1, 0.15) is 23.5 Å². The van der Waals surface area contributed by atoms with Gasteiger partial charge in [-0.05, 0) is 61.8 Å². The number of aliphatic hydroxyl groups excluding tert-OH is 2. The Morgan fingerprint density at radius 1 is 1.09 bits per heavy atom. The smallest absolute Gasteiger partial charge is 0.415 e. The molecule has 0 radical (unpaired) electrons. The first-order valence-corrected chi connectivity index (χ1v) is 14.7. The Balaban J connectivity index is 1.05. The minimum atomic E-state index is -1.43. The molecule has 2 aliphatic heterocycles. The molecule has 15 nitrogen and oxygen atoms in total. The zero-order valence-electron chi connectivity index (χ0n) is 24.5. The number of rotatable bonds is 6. The van der Waals surface area contributed by atoms with Crippen LogP contribution >= 0.6 is 0 Å². The number of nitrogens with zero attached hydrogens (tertiary/aromatic N) is 5. The Bertz CT molecular complexity index is 1650.